The predicted octanol–water partition coefficient (Wildman–Crippen LogP) is 3.89. The van der Waals surface area contributed by atoms with Gasteiger partial charge in [0.25, 0.3) is 0 Å². The summed E-state index contributed by atoms with van der Waals surface area (Å²) in [4.78, 5) is 17.1. The van der Waals surface area contributed by atoms with Gasteiger partial charge in [0.05, 0.1) is 12.5 Å². The normalized spacial score (nSPS) is 20.7. The number of hydrogen-bond donors (Lipinski definition) is 0. The Morgan fingerprint density at radius 1 is 1.15 bits per heavy atom. The molecule has 1 saturated heterocycles. The molecule has 1 amide bonds. The molecule has 4 heteroatoms. The standard InChI is InChI=1S/C23H32N2O2/c1-18(2)17-27-22-10-6-20(7-11-22)16-24-12-14-25(15-13-24)23(26)21-8-4-19(3)5-9-21/h4-8,10-11,18,21H,9,12-17H2,1-3H3/t21-/m1/s1. The molecule has 0 bridgehead atoms. The van der Waals surface area contributed by atoms with E-state index >= 15 is 0 Å². The molecular formula is C23H32N2O2. The molecule has 27 heavy (non-hydrogen) atoms. The van der Waals surface area contributed by atoms with Crippen molar-refractivity contribution in [1.29, 1.82) is 0 Å². The van der Waals surface area contributed by atoms with Crippen LogP contribution in [0.2, 0.25) is 0 Å². The Labute approximate surface area is 163 Å². The van der Waals surface area contributed by atoms with E-state index in [-0.39, 0.29) is 11.8 Å². The van der Waals surface area contributed by atoms with Gasteiger partial charge in [0.1, 0.15) is 5.75 Å². The smallest absolute Gasteiger partial charge is 0.229 e. The van der Waals surface area contributed by atoms with Gasteiger partial charge >= 0.3 is 0 Å². The summed E-state index contributed by atoms with van der Waals surface area (Å²) < 4.78 is 5.75. The third-order valence-electron chi connectivity index (χ3n) is 5.20. The van der Waals surface area contributed by atoms with Crippen molar-refractivity contribution in [2.75, 3.05) is 32.8 Å². The van der Waals surface area contributed by atoms with E-state index in [1.807, 2.05) is 4.90 Å². The zero-order valence-electron chi connectivity index (χ0n) is 16.9. The molecule has 1 aromatic carbocycles. The fourth-order valence-electron chi connectivity index (χ4n) is 3.48. The SMILES string of the molecule is CC1=CC[C@H](C(=O)N2CCN(Cc3ccc(OCC(C)C)cc3)CC2)C=C1. The lowest BCUT2D eigenvalue weighted by atomic mass is 9.96. The number of piperazine rings is 1. The average Bonchev–Trinajstić information content (AvgIpc) is 2.68. The van der Waals surface area contributed by atoms with Crippen molar-refractivity contribution >= 4 is 5.91 Å². The Morgan fingerprint density at radius 2 is 1.85 bits per heavy atom. The van der Waals surface area contributed by atoms with Gasteiger partial charge in [-0.05, 0) is 37.0 Å². The minimum Gasteiger partial charge on any atom is -0.493 e. The van der Waals surface area contributed by atoms with Crippen molar-refractivity contribution in [2.24, 2.45) is 11.8 Å². The molecule has 0 radical (unpaired) electrons. The maximum Gasteiger partial charge on any atom is 0.229 e. The van der Waals surface area contributed by atoms with Crippen LogP contribution in [0.5, 0.6) is 5.75 Å². The largest absolute Gasteiger partial charge is 0.493 e. The highest BCUT2D eigenvalue weighted by molar-refractivity contribution is 5.81. The summed E-state index contributed by atoms with van der Waals surface area (Å²) in [6.45, 7) is 11.6. The topological polar surface area (TPSA) is 32.8 Å². The second kappa shape index (κ2) is 9.23. The summed E-state index contributed by atoms with van der Waals surface area (Å²) in [6, 6.07) is 8.41. The van der Waals surface area contributed by atoms with Gasteiger partial charge in [-0.15, -0.1) is 0 Å². The van der Waals surface area contributed by atoms with Gasteiger partial charge in [-0.2, -0.15) is 0 Å². The number of nitrogens with zero attached hydrogens (tertiary/aromatic N) is 2. The first-order valence-corrected chi connectivity index (χ1v) is 10.1. The molecule has 3 rings (SSSR count). The van der Waals surface area contributed by atoms with Gasteiger partial charge in [-0.25, -0.2) is 0 Å². The Morgan fingerprint density at radius 3 is 2.44 bits per heavy atom. The molecule has 146 valence electrons. The predicted molar refractivity (Wildman–Crippen MR) is 110 cm³/mol. The van der Waals surface area contributed by atoms with E-state index in [0.29, 0.717) is 5.92 Å². The van der Waals surface area contributed by atoms with Crippen LogP contribution in [-0.4, -0.2) is 48.5 Å². The highest BCUT2D eigenvalue weighted by Crippen LogP contribution is 2.20. The van der Waals surface area contributed by atoms with E-state index in [2.05, 4.69) is 68.2 Å². The number of ether oxygens (including phenoxy) is 1. The van der Waals surface area contributed by atoms with E-state index in [0.717, 1.165) is 51.5 Å². The highest BCUT2D eigenvalue weighted by atomic mass is 16.5. The van der Waals surface area contributed by atoms with E-state index < -0.39 is 0 Å². The zero-order chi connectivity index (χ0) is 19.2. The zero-order valence-corrected chi connectivity index (χ0v) is 16.9. The monoisotopic (exact) mass is 368 g/mol. The molecule has 4 nitrogen and oxygen atoms in total. The Hall–Kier alpha value is -2.07. The maximum atomic E-state index is 12.7. The molecule has 0 N–H and O–H groups in total. The van der Waals surface area contributed by atoms with Crippen molar-refractivity contribution in [3.63, 3.8) is 0 Å². The lowest BCUT2D eigenvalue weighted by molar-refractivity contribution is -0.135. The number of rotatable bonds is 6. The summed E-state index contributed by atoms with van der Waals surface area (Å²) >= 11 is 0. The van der Waals surface area contributed by atoms with Crippen LogP contribution in [0, 0.1) is 11.8 Å². The number of benzene rings is 1. The first-order chi connectivity index (χ1) is 13.0. The van der Waals surface area contributed by atoms with Gasteiger partial charge in [-0.1, -0.05) is 49.8 Å². The Kier molecular flexibility index (Phi) is 6.73. The molecule has 0 saturated carbocycles. The van der Waals surface area contributed by atoms with Crippen LogP contribution in [-0.2, 0) is 11.3 Å². The molecule has 2 aliphatic rings. The van der Waals surface area contributed by atoms with E-state index in [9.17, 15) is 4.79 Å². The van der Waals surface area contributed by atoms with Crippen molar-refractivity contribution in [2.45, 2.75) is 33.7 Å². The van der Waals surface area contributed by atoms with Crippen LogP contribution in [0.1, 0.15) is 32.8 Å². The Bertz CT molecular complexity index is 683. The second-order valence-electron chi connectivity index (χ2n) is 8.10. The second-order valence-corrected chi connectivity index (χ2v) is 8.10. The fourth-order valence-corrected chi connectivity index (χ4v) is 3.48. The molecule has 1 aromatic rings. The molecule has 0 spiro atoms. The van der Waals surface area contributed by atoms with Gasteiger partial charge in [0.15, 0.2) is 0 Å². The first kappa shape index (κ1) is 19.7. The van der Waals surface area contributed by atoms with Crippen LogP contribution in [0.4, 0.5) is 0 Å². The minimum absolute atomic E-state index is 0.0265. The Balaban J connectivity index is 1.44. The van der Waals surface area contributed by atoms with E-state index in [1.165, 1.54) is 11.1 Å². The number of amides is 1. The number of carbonyl (C=O) groups excluding carboxylic acids is 1. The number of hydrogen-bond acceptors (Lipinski definition) is 3. The summed E-state index contributed by atoms with van der Waals surface area (Å²) in [5.74, 6) is 1.78. The molecule has 0 unspecified atom stereocenters. The molecule has 1 heterocycles. The average molecular weight is 369 g/mol. The van der Waals surface area contributed by atoms with Crippen LogP contribution >= 0.6 is 0 Å². The van der Waals surface area contributed by atoms with Crippen molar-refractivity contribution in [3.8, 4) is 5.75 Å². The quantitative estimate of drug-likeness (QED) is 0.764. The van der Waals surface area contributed by atoms with Crippen molar-refractivity contribution < 1.29 is 9.53 Å². The molecular weight excluding hydrogens is 336 g/mol. The van der Waals surface area contributed by atoms with Gasteiger partial charge in [0, 0.05) is 32.7 Å². The van der Waals surface area contributed by atoms with Crippen LogP contribution < -0.4 is 4.74 Å². The fraction of sp³-hybridized carbons (Fsp3) is 0.522. The molecule has 1 aliphatic heterocycles. The van der Waals surface area contributed by atoms with Gasteiger partial charge in [-0.3, -0.25) is 9.69 Å². The molecule has 1 atom stereocenters. The van der Waals surface area contributed by atoms with E-state index in [4.69, 9.17) is 4.74 Å². The minimum atomic E-state index is 0.0265. The van der Waals surface area contributed by atoms with E-state index in [1.54, 1.807) is 0 Å². The van der Waals surface area contributed by atoms with Crippen LogP contribution in [0.3, 0.4) is 0 Å². The third kappa shape index (κ3) is 5.70. The summed E-state index contributed by atoms with van der Waals surface area (Å²) in [5, 5.41) is 0. The van der Waals surface area contributed by atoms with Gasteiger partial charge in [0.2, 0.25) is 5.91 Å². The summed E-state index contributed by atoms with van der Waals surface area (Å²) in [6.07, 6.45) is 7.13. The lowest BCUT2D eigenvalue weighted by Crippen LogP contribution is -2.49. The van der Waals surface area contributed by atoms with Crippen molar-refractivity contribution in [3.05, 3.63) is 53.6 Å². The molecule has 1 aliphatic carbocycles. The third-order valence-corrected chi connectivity index (χ3v) is 5.20. The first-order valence-electron chi connectivity index (χ1n) is 10.1. The van der Waals surface area contributed by atoms with Crippen LogP contribution in [0.15, 0.2) is 48.1 Å². The molecule has 1 fully saturated rings. The van der Waals surface area contributed by atoms with Crippen LogP contribution in [0.25, 0.3) is 0 Å². The summed E-state index contributed by atoms with van der Waals surface area (Å²) in [5.41, 5.74) is 2.55. The lowest BCUT2D eigenvalue weighted by Gasteiger charge is -2.36. The molecule has 0 aromatic heterocycles. The highest BCUT2D eigenvalue weighted by Gasteiger charge is 2.26. The maximum absolute atomic E-state index is 12.7. The number of allylic oxidation sites excluding steroid dienone is 3. The summed E-state index contributed by atoms with van der Waals surface area (Å²) in [7, 11) is 0. The number of carbonyl (C=O) groups is 1. The van der Waals surface area contributed by atoms with Gasteiger partial charge < -0.3 is 9.64 Å². The van der Waals surface area contributed by atoms with Crippen molar-refractivity contribution in [1.82, 2.24) is 9.80 Å².